The van der Waals surface area contributed by atoms with Gasteiger partial charge in [-0.2, -0.15) is 0 Å². The zero-order valence-corrected chi connectivity index (χ0v) is 11.2. The third-order valence-electron chi connectivity index (χ3n) is 3.44. The van der Waals surface area contributed by atoms with E-state index in [9.17, 15) is 4.79 Å². The molecule has 1 fully saturated rings. The maximum atomic E-state index is 12.1. The van der Waals surface area contributed by atoms with Crippen LogP contribution in [0.4, 0.5) is 5.69 Å². The van der Waals surface area contributed by atoms with Gasteiger partial charge in [0.1, 0.15) is 0 Å². The molecule has 1 saturated heterocycles. The standard InChI is InChI=1S/C15H21NO2/c1-3-12-5-6-14(13(11-12)15(17)4-2)16-7-9-18-10-8-16/h5-6,11H,3-4,7-10H2,1-2H3. The van der Waals surface area contributed by atoms with Crippen LogP contribution in [-0.2, 0) is 11.2 Å². The van der Waals surface area contributed by atoms with E-state index in [0.717, 1.165) is 44.0 Å². The molecule has 3 nitrogen and oxygen atoms in total. The molecule has 0 unspecified atom stereocenters. The summed E-state index contributed by atoms with van der Waals surface area (Å²) in [7, 11) is 0. The van der Waals surface area contributed by atoms with E-state index < -0.39 is 0 Å². The number of ketones is 1. The molecule has 0 aliphatic carbocycles. The van der Waals surface area contributed by atoms with Crippen LogP contribution >= 0.6 is 0 Å². The first-order valence-electron chi connectivity index (χ1n) is 6.75. The third-order valence-corrected chi connectivity index (χ3v) is 3.44. The van der Waals surface area contributed by atoms with E-state index in [1.165, 1.54) is 5.56 Å². The monoisotopic (exact) mass is 247 g/mol. The molecule has 0 radical (unpaired) electrons. The number of anilines is 1. The topological polar surface area (TPSA) is 29.5 Å². The summed E-state index contributed by atoms with van der Waals surface area (Å²) < 4.78 is 5.37. The fourth-order valence-corrected chi connectivity index (χ4v) is 2.30. The molecule has 3 heteroatoms. The van der Waals surface area contributed by atoms with Crippen molar-refractivity contribution in [2.75, 3.05) is 31.2 Å². The second-order valence-corrected chi connectivity index (χ2v) is 4.58. The molecule has 0 saturated carbocycles. The Hall–Kier alpha value is -1.35. The highest BCUT2D eigenvalue weighted by atomic mass is 16.5. The minimum atomic E-state index is 0.229. The van der Waals surface area contributed by atoms with Gasteiger partial charge in [0.2, 0.25) is 0 Å². The quantitative estimate of drug-likeness (QED) is 0.766. The first kappa shape index (κ1) is 13.1. The molecule has 98 valence electrons. The van der Waals surface area contributed by atoms with Gasteiger partial charge in [-0.25, -0.2) is 0 Å². The fourth-order valence-electron chi connectivity index (χ4n) is 2.30. The van der Waals surface area contributed by atoms with Crippen LogP contribution in [0.2, 0.25) is 0 Å². The average Bonchev–Trinajstić information content (AvgIpc) is 2.46. The van der Waals surface area contributed by atoms with Crippen LogP contribution in [0, 0.1) is 0 Å². The van der Waals surface area contributed by atoms with Crippen molar-refractivity contribution in [1.82, 2.24) is 0 Å². The smallest absolute Gasteiger partial charge is 0.164 e. The van der Waals surface area contributed by atoms with Gasteiger partial charge in [0.15, 0.2) is 5.78 Å². The van der Waals surface area contributed by atoms with Gasteiger partial charge in [0.25, 0.3) is 0 Å². The summed E-state index contributed by atoms with van der Waals surface area (Å²) in [5, 5.41) is 0. The SMILES string of the molecule is CCC(=O)c1cc(CC)ccc1N1CCOCC1. The molecular formula is C15H21NO2. The molecule has 0 amide bonds. The van der Waals surface area contributed by atoms with E-state index in [2.05, 4.69) is 30.0 Å². The van der Waals surface area contributed by atoms with Gasteiger partial charge in [-0.1, -0.05) is 19.9 Å². The number of hydrogen-bond acceptors (Lipinski definition) is 3. The lowest BCUT2D eigenvalue weighted by Gasteiger charge is -2.30. The number of Topliss-reactive ketones (excluding diaryl/α,β-unsaturated/α-hetero) is 1. The predicted octanol–water partition coefficient (Wildman–Crippen LogP) is 2.68. The molecule has 0 atom stereocenters. The number of aryl methyl sites for hydroxylation is 1. The maximum Gasteiger partial charge on any atom is 0.164 e. The average molecular weight is 247 g/mol. The van der Waals surface area contributed by atoms with Crippen LogP contribution in [0.25, 0.3) is 0 Å². The first-order chi connectivity index (χ1) is 8.76. The number of hydrogen-bond donors (Lipinski definition) is 0. The van der Waals surface area contributed by atoms with Crippen LogP contribution in [0.15, 0.2) is 18.2 Å². The number of ether oxygens (including phenoxy) is 1. The number of rotatable bonds is 4. The van der Waals surface area contributed by atoms with E-state index in [4.69, 9.17) is 4.74 Å². The number of carbonyl (C=O) groups is 1. The largest absolute Gasteiger partial charge is 0.378 e. The Morgan fingerprint density at radius 2 is 2.00 bits per heavy atom. The molecule has 1 aromatic rings. The van der Waals surface area contributed by atoms with Crippen molar-refractivity contribution in [2.24, 2.45) is 0 Å². The summed E-state index contributed by atoms with van der Waals surface area (Å²) in [5.41, 5.74) is 3.17. The summed E-state index contributed by atoms with van der Waals surface area (Å²) >= 11 is 0. The minimum Gasteiger partial charge on any atom is -0.378 e. The molecule has 0 bridgehead atoms. The number of nitrogens with zero attached hydrogens (tertiary/aromatic N) is 1. The van der Waals surface area contributed by atoms with E-state index in [1.807, 2.05) is 6.92 Å². The van der Waals surface area contributed by atoms with Crippen molar-refractivity contribution in [3.63, 3.8) is 0 Å². The molecule has 2 rings (SSSR count). The van der Waals surface area contributed by atoms with Crippen molar-refractivity contribution in [3.05, 3.63) is 29.3 Å². The Balaban J connectivity index is 2.35. The second-order valence-electron chi connectivity index (χ2n) is 4.58. The normalized spacial score (nSPS) is 15.8. The van der Waals surface area contributed by atoms with Gasteiger partial charge >= 0.3 is 0 Å². The summed E-state index contributed by atoms with van der Waals surface area (Å²) in [4.78, 5) is 14.3. The predicted molar refractivity (Wildman–Crippen MR) is 73.5 cm³/mol. The van der Waals surface area contributed by atoms with E-state index in [-0.39, 0.29) is 5.78 Å². The molecular weight excluding hydrogens is 226 g/mol. The Morgan fingerprint density at radius 3 is 2.61 bits per heavy atom. The van der Waals surface area contributed by atoms with Crippen LogP contribution in [0.3, 0.4) is 0 Å². The van der Waals surface area contributed by atoms with Gasteiger partial charge in [0, 0.05) is 30.8 Å². The minimum absolute atomic E-state index is 0.229. The molecule has 1 aromatic carbocycles. The van der Waals surface area contributed by atoms with Crippen molar-refractivity contribution in [1.29, 1.82) is 0 Å². The number of carbonyl (C=O) groups excluding carboxylic acids is 1. The maximum absolute atomic E-state index is 12.1. The van der Waals surface area contributed by atoms with Crippen LogP contribution in [0.1, 0.15) is 36.2 Å². The van der Waals surface area contributed by atoms with Crippen LogP contribution < -0.4 is 4.90 Å². The van der Waals surface area contributed by atoms with E-state index >= 15 is 0 Å². The zero-order valence-electron chi connectivity index (χ0n) is 11.2. The Morgan fingerprint density at radius 1 is 1.28 bits per heavy atom. The zero-order chi connectivity index (χ0) is 13.0. The molecule has 0 aromatic heterocycles. The van der Waals surface area contributed by atoms with Crippen molar-refractivity contribution in [2.45, 2.75) is 26.7 Å². The van der Waals surface area contributed by atoms with Crippen LogP contribution in [0.5, 0.6) is 0 Å². The van der Waals surface area contributed by atoms with Gasteiger partial charge in [-0.3, -0.25) is 4.79 Å². The molecule has 1 aliphatic rings. The van der Waals surface area contributed by atoms with Crippen molar-refractivity contribution in [3.8, 4) is 0 Å². The van der Waals surface area contributed by atoms with Gasteiger partial charge in [0.05, 0.1) is 13.2 Å². The lowest BCUT2D eigenvalue weighted by atomic mass is 10.0. The molecule has 0 N–H and O–H groups in total. The van der Waals surface area contributed by atoms with Gasteiger partial charge < -0.3 is 9.64 Å². The lowest BCUT2D eigenvalue weighted by molar-refractivity contribution is 0.0986. The van der Waals surface area contributed by atoms with Crippen molar-refractivity contribution < 1.29 is 9.53 Å². The Kier molecular flexibility index (Phi) is 4.37. The first-order valence-corrected chi connectivity index (χ1v) is 6.75. The second kappa shape index (κ2) is 6.01. The molecule has 0 spiro atoms. The number of morpholine rings is 1. The third kappa shape index (κ3) is 2.72. The number of benzene rings is 1. The molecule has 1 heterocycles. The van der Waals surface area contributed by atoms with Crippen molar-refractivity contribution >= 4 is 11.5 Å². The van der Waals surface area contributed by atoms with Gasteiger partial charge in [-0.15, -0.1) is 0 Å². The summed E-state index contributed by atoms with van der Waals surface area (Å²) in [6, 6.07) is 6.26. The van der Waals surface area contributed by atoms with E-state index in [0.29, 0.717) is 6.42 Å². The van der Waals surface area contributed by atoms with E-state index in [1.54, 1.807) is 0 Å². The Labute approximate surface area is 109 Å². The fraction of sp³-hybridized carbons (Fsp3) is 0.533. The molecule has 18 heavy (non-hydrogen) atoms. The summed E-state index contributed by atoms with van der Waals surface area (Å²) in [5.74, 6) is 0.229. The van der Waals surface area contributed by atoms with Crippen LogP contribution in [-0.4, -0.2) is 32.1 Å². The summed E-state index contributed by atoms with van der Waals surface area (Å²) in [6.45, 7) is 7.27. The summed E-state index contributed by atoms with van der Waals surface area (Å²) in [6.07, 6.45) is 1.53. The lowest BCUT2D eigenvalue weighted by Crippen LogP contribution is -2.37. The Bertz CT molecular complexity index is 423. The highest BCUT2D eigenvalue weighted by Crippen LogP contribution is 2.24. The highest BCUT2D eigenvalue weighted by Gasteiger charge is 2.18. The van der Waals surface area contributed by atoms with Gasteiger partial charge in [-0.05, 0) is 24.1 Å². The highest BCUT2D eigenvalue weighted by molar-refractivity contribution is 6.01. The molecule has 1 aliphatic heterocycles.